The van der Waals surface area contributed by atoms with Crippen molar-refractivity contribution in [2.45, 2.75) is 13.0 Å². The Morgan fingerprint density at radius 3 is 2.93 bits per heavy atom. The molecule has 0 fully saturated rings. The highest BCUT2D eigenvalue weighted by Crippen LogP contribution is 2.33. The van der Waals surface area contributed by atoms with Gasteiger partial charge in [-0.25, -0.2) is 9.78 Å². The molecule has 0 radical (unpaired) electrons. The summed E-state index contributed by atoms with van der Waals surface area (Å²) in [6.45, 7) is 1.72. The molecule has 1 unspecified atom stereocenters. The molecule has 0 aliphatic carbocycles. The SMILES string of the molecule is CC1=C(C(=O)Nc2ccc3[nH]ncc3c2)C(c2nc3ccccc3s2)NC(=O)N1. The topological polar surface area (TPSA) is 112 Å². The van der Waals surface area contributed by atoms with Crippen molar-refractivity contribution in [2.75, 3.05) is 5.32 Å². The zero-order valence-electron chi connectivity index (χ0n) is 15.3. The number of amides is 3. The van der Waals surface area contributed by atoms with Crippen molar-refractivity contribution in [2.24, 2.45) is 0 Å². The molecule has 2 aromatic carbocycles. The van der Waals surface area contributed by atoms with Gasteiger partial charge in [0.2, 0.25) is 0 Å². The maximum Gasteiger partial charge on any atom is 0.319 e. The van der Waals surface area contributed by atoms with Gasteiger partial charge >= 0.3 is 6.03 Å². The van der Waals surface area contributed by atoms with E-state index in [4.69, 9.17) is 0 Å². The summed E-state index contributed by atoms with van der Waals surface area (Å²) >= 11 is 1.46. The number of H-pyrrole nitrogens is 1. The van der Waals surface area contributed by atoms with Gasteiger partial charge in [0.1, 0.15) is 11.0 Å². The number of aromatic nitrogens is 3. The number of hydrogen-bond acceptors (Lipinski definition) is 5. The molecule has 0 spiro atoms. The molecule has 2 aromatic heterocycles. The standard InChI is InChI=1S/C20H16N6O2S/c1-10-16(18(27)23-12-6-7-13-11(8-12)9-21-26-13)17(25-20(28)22-10)19-24-14-4-2-3-5-15(14)29-19/h2-9,17H,1H3,(H,21,26)(H,23,27)(H2,22,25,28). The van der Waals surface area contributed by atoms with Gasteiger partial charge in [0.05, 0.1) is 27.5 Å². The fourth-order valence-corrected chi connectivity index (χ4v) is 4.44. The Bertz CT molecular complexity index is 1270. The van der Waals surface area contributed by atoms with E-state index in [1.54, 1.807) is 19.2 Å². The van der Waals surface area contributed by atoms with E-state index in [2.05, 4.69) is 31.1 Å². The second-order valence-corrected chi connectivity index (χ2v) is 7.78. The molecule has 0 saturated carbocycles. The molecular weight excluding hydrogens is 388 g/mol. The molecule has 4 aromatic rings. The Morgan fingerprint density at radius 2 is 2.07 bits per heavy atom. The summed E-state index contributed by atoms with van der Waals surface area (Å²) < 4.78 is 0.998. The number of aromatic amines is 1. The van der Waals surface area contributed by atoms with E-state index < -0.39 is 6.04 Å². The van der Waals surface area contributed by atoms with Gasteiger partial charge in [0, 0.05) is 16.8 Å². The number of hydrogen-bond donors (Lipinski definition) is 4. The van der Waals surface area contributed by atoms with Crippen molar-refractivity contribution >= 4 is 50.1 Å². The molecule has 5 rings (SSSR count). The summed E-state index contributed by atoms with van der Waals surface area (Å²) in [6.07, 6.45) is 1.70. The molecule has 0 bridgehead atoms. The zero-order valence-corrected chi connectivity index (χ0v) is 16.1. The van der Waals surface area contributed by atoms with E-state index in [1.807, 2.05) is 36.4 Å². The number of anilines is 1. The van der Waals surface area contributed by atoms with E-state index in [1.165, 1.54) is 11.3 Å². The first-order valence-electron chi connectivity index (χ1n) is 8.97. The van der Waals surface area contributed by atoms with Crippen LogP contribution >= 0.6 is 11.3 Å². The predicted octanol–water partition coefficient (Wildman–Crippen LogP) is 3.44. The number of fused-ring (bicyclic) bond motifs is 2. The van der Waals surface area contributed by atoms with Crippen molar-refractivity contribution in [3.63, 3.8) is 0 Å². The first-order chi connectivity index (χ1) is 14.1. The second-order valence-electron chi connectivity index (χ2n) is 6.72. The van der Waals surface area contributed by atoms with Crippen LogP contribution in [0.2, 0.25) is 0 Å². The van der Waals surface area contributed by atoms with Gasteiger partial charge in [-0.2, -0.15) is 5.10 Å². The van der Waals surface area contributed by atoms with Crippen molar-refractivity contribution in [3.8, 4) is 0 Å². The van der Waals surface area contributed by atoms with E-state index in [-0.39, 0.29) is 11.9 Å². The smallest absolute Gasteiger partial charge is 0.319 e. The van der Waals surface area contributed by atoms with Crippen molar-refractivity contribution in [1.29, 1.82) is 0 Å². The molecule has 144 valence electrons. The van der Waals surface area contributed by atoms with Gasteiger partial charge in [-0.3, -0.25) is 9.89 Å². The van der Waals surface area contributed by atoms with Crippen molar-refractivity contribution in [3.05, 3.63) is 64.9 Å². The van der Waals surface area contributed by atoms with Crippen LogP contribution in [0.4, 0.5) is 10.5 Å². The van der Waals surface area contributed by atoms with Crippen LogP contribution in [-0.4, -0.2) is 27.1 Å². The van der Waals surface area contributed by atoms with Crippen molar-refractivity contribution in [1.82, 2.24) is 25.8 Å². The molecule has 1 aliphatic heterocycles. The lowest BCUT2D eigenvalue weighted by Crippen LogP contribution is -2.45. The summed E-state index contributed by atoms with van der Waals surface area (Å²) in [5.74, 6) is -0.304. The fourth-order valence-electron chi connectivity index (χ4n) is 3.41. The van der Waals surface area contributed by atoms with Gasteiger partial charge in [-0.15, -0.1) is 11.3 Å². The number of urea groups is 1. The van der Waals surface area contributed by atoms with Gasteiger partial charge in [0.25, 0.3) is 5.91 Å². The number of carbonyl (C=O) groups excluding carboxylic acids is 2. The third-order valence-electron chi connectivity index (χ3n) is 4.77. The third-order valence-corrected chi connectivity index (χ3v) is 5.87. The normalized spacial score (nSPS) is 16.7. The molecular formula is C20H16N6O2S. The van der Waals surface area contributed by atoms with Gasteiger partial charge in [0.15, 0.2) is 0 Å². The number of para-hydroxylation sites is 1. The van der Waals surface area contributed by atoms with Crippen LogP contribution in [0.25, 0.3) is 21.1 Å². The van der Waals surface area contributed by atoms with E-state index >= 15 is 0 Å². The van der Waals surface area contributed by atoms with Crippen LogP contribution in [0.15, 0.2) is 59.9 Å². The number of nitrogens with one attached hydrogen (secondary N) is 4. The molecule has 4 N–H and O–H groups in total. The second kappa shape index (κ2) is 6.71. The molecule has 1 aliphatic rings. The number of rotatable bonds is 3. The Labute approximate surface area is 169 Å². The lowest BCUT2D eigenvalue weighted by molar-refractivity contribution is -0.113. The highest BCUT2D eigenvalue weighted by atomic mass is 32.1. The minimum atomic E-state index is -0.626. The van der Waals surface area contributed by atoms with E-state index in [0.29, 0.717) is 22.0 Å². The zero-order chi connectivity index (χ0) is 20.0. The van der Waals surface area contributed by atoms with Crippen LogP contribution in [0.5, 0.6) is 0 Å². The lowest BCUT2D eigenvalue weighted by Gasteiger charge is -2.27. The average molecular weight is 404 g/mol. The summed E-state index contributed by atoms with van der Waals surface area (Å²) in [7, 11) is 0. The van der Waals surface area contributed by atoms with E-state index in [0.717, 1.165) is 21.1 Å². The number of allylic oxidation sites excluding steroid dienone is 1. The van der Waals surface area contributed by atoms with Crippen LogP contribution in [0.1, 0.15) is 18.0 Å². The average Bonchev–Trinajstić information content (AvgIpc) is 3.33. The summed E-state index contributed by atoms with van der Waals surface area (Å²) in [6, 6.07) is 12.2. The summed E-state index contributed by atoms with van der Waals surface area (Å²) in [4.78, 5) is 29.9. The van der Waals surface area contributed by atoms with Gasteiger partial charge in [-0.1, -0.05) is 12.1 Å². The van der Waals surface area contributed by atoms with Gasteiger partial charge in [-0.05, 0) is 37.3 Å². The quantitative estimate of drug-likeness (QED) is 0.419. The molecule has 1 atom stereocenters. The predicted molar refractivity (Wildman–Crippen MR) is 111 cm³/mol. The highest BCUT2D eigenvalue weighted by Gasteiger charge is 2.33. The van der Waals surface area contributed by atoms with Crippen LogP contribution in [0, 0.1) is 0 Å². The number of nitrogens with zero attached hydrogens (tertiary/aromatic N) is 2. The lowest BCUT2D eigenvalue weighted by atomic mass is 10.0. The monoisotopic (exact) mass is 404 g/mol. The van der Waals surface area contributed by atoms with E-state index in [9.17, 15) is 9.59 Å². The molecule has 8 nitrogen and oxygen atoms in total. The molecule has 9 heteroatoms. The summed E-state index contributed by atoms with van der Waals surface area (Å²) in [5.41, 5.74) is 3.29. The van der Waals surface area contributed by atoms with Crippen LogP contribution in [0.3, 0.4) is 0 Å². The Balaban J connectivity index is 1.51. The molecule has 3 amide bonds. The first-order valence-corrected chi connectivity index (χ1v) is 9.78. The number of thiazole rings is 1. The largest absolute Gasteiger partial charge is 0.324 e. The van der Waals surface area contributed by atoms with Crippen molar-refractivity contribution < 1.29 is 9.59 Å². The minimum Gasteiger partial charge on any atom is -0.324 e. The van der Waals surface area contributed by atoms with Gasteiger partial charge < -0.3 is 16.0 Å². The number of carbonyl (C=O) groups is 2. The first kappa shape index (κ1) is 17.4. The molecule has 3 heterocycles. The molecule has 0 saturated heterocycles. The Morgan fingerprint density at radius 1 is 1.21 bits per heavy atom. The maximum atomic E-state index is 13.2. The minimum absolute atomic E-state index is 0.304. The summed E-state index contributed by atoms with van der Waals surface area (Å²) in [5, 5.41) is 16.9. The highest BCUT2D eigenvalue weighted by molar-refractivity contribution is 7.18. The fraction of sp³-hybridized carbons (Fsp3) is 0.100. The van der Waals surface area contributed by atoms with Crippen LogP contribution in [-0.2, 0) is 4.79 Å². The van der Waals surface area contributed by atoms with Crippen LogP contribution < -0.4 is 16.0 Å². The Hall–Kier alpha value is -3.72. The molecule has 29 heavy (non-hydrogen) atoms. The number of benzene rings is 2. The maximum absolute atomic E-state index is 13.2. The Kier molecular flexibility index (Phi) is 4.02. The third kappa shape index (κ3) is 3.11.